The summed E-state index contributed by atoms with van der Waals surface area (Å²) >= 11 is 6.29. The fourth-order valence-corrected chi connectivity index (χ4v) is 2.53. The molecule has 0 spiro atoms. The molecule has 6 heteroatoms. The molecule has 0 aromatic carbocycles. The summed E-state index contributed by atoms with van der Waals surface area (Å²) < 4.78 is 3.79. The number of rotatable bonds is 2. The van der Waals surface area contributed by atoms with E-state index in [1.807, 2.05) is 50.7 Å². The van der Waals surface area contributed by atoms with Crippen molar-refractivity contribution in [3.8, 4) is 5.69 Å². The van der Waals surface area contributed by atoms with Crippen molar-refractivity contribution in [1.29, 1.82) is 0 Å². The van der Waals surface area contributed by atoms with Crippen molar-refractivity contribution in [1.82, 2.24) is 24.3 Å². The van der Waals surface area contributed by atoms with E-state index in [1.165, 1.54) is 0 Å². The molecule has 3 aromatic heterocycles. The first-order chi connectivity index (χ1) is 9.47. The monoisotopic (exact) mass is 289 g/mol. The number of imidazole rings is 1. The van der Waals surface area contributed by atoms with Gasteiger partial charge in [-0.05, 0) is 32.9 Å². The summed E-state index contributed by atoms with van der Waals surface area (Å²) in [6.45, 7) is 5.86. The summed E-state index contributed by atoms with van der Waals surface area (Å²) in [6, 6.07) is 3.93. The second-order valence-electron chi connectivity index (χ2n) is 4.99. The predicted octanol–water partition coefficient (Wildman–Crippen LogP) is 3.07. The van der Waals surface area contributed by atoms with Crippen LogP contribution < -0.4 is 0 Å². The molecule has 3 heterocycles. The van der Waals surface area contributed by atoms with Crippen molar-refractivity contribution >= 4 is 22.8 Å². The highest BCUT2D eigenvalue weighted by Gasteiger charge is 2.20. The summed E-state index contributed by atoms with van der Waals surface area (Å²) in [5.41, 5.74) is 4.52. The lowest BCUT2D eigenvalue weighted by Crippen LogP contribution is -2.03. The van der Waals surface area contributed by atoms with E-state index in [4.69, 9.17) is 11.6 Å². The molecule has 1 unspecified atom stereocenters. The standard InChI is InChI=1S/C14H16ClN5/c1-8-5-6-11-14(16-8)20(13(17-11)9(2)15)12-7-19(4)18-10(12)3/h5-7,9H,1-4H3. The summed E-state index contributed by atoms with van der Waals surface area (Å²) in [5, 5.41) is 4.19. The van der Waals surface area contributed by atoms with Gasteiger partial charge in [0.05, 0.1) is 16.8 Å². The van der Waals surface area contributed by atoms with Gasteiger partial charge in [-0.25, -0.2) is 9.97 Å². The minimum absolute atomic E-state index is 0.205. The first-order valence-electron chi connectivity index (χ1n) is 6.48. The zero-order valence-electron chi connectivity index (χ0n) is 11.9. The van der Waals surface area contributed by atoms with Gasteiger partial charge in [-0.15, -0.1) is 11.6 Å². The largest absolute Gasteiger partial charge is 0.276 e. The normalized spacial score (nSPS) is 13.1. The molecule has 5 nitrogen and oxygen atoms in total. The number of hydrogen-bond acceptors (Lipinski definition) is 3. The van der Waals surface area contributed by atoms with Crippen molar-refractivity contribution in [2.75, 3.05) is 0 Å². The molecule has 0 fully saturated rings. The Kier molecular flexibility index (Phi) is 3.01. The third-order valence-electron chi connectivity index (χ3n) is 3.25. The van der Waals surface area contributed by atoms with Gasteiger partial charge in [0.2, 0.25) is 0 Å². The predicted molar refractivity (Wildman–Crippen MR) is 79.4 cm³/mol. The number of aryl methyl sites for hydroxylation is 3. The molecule has 0 aliphatic rings. The van der Waals surface area contributed by atoms with Gasteiger partial charge in [0.15, 0.2) is 5.65 Å². The number of fused-ring (bicyclic) bond motifs is 1. The minimum atomic E-state index is -0.205. The van der Waals surface area contributed by atoms with Gasteiger partial charge < -0.3 is 0 Å². The third-order valence-corrected chi connectivity index (χ3v) is 3.45. The van der Waals surface area contributed by atoms with Crippen molar-refractivity contribution in [3.63, 3.8) is 0 Å². The van der Waals surface area contributed by atoms with Crippen LogP contribution in [0.2, 0.25) is 0 Å². The average Bonchev–Trinajstić information content (AvgIpc) is 2.88. The van der Waals surface area contributed by atoms with Gasteiger partial charge in [-0.3, -0.25) is 9.25 Å². The Bertz CT molecular complexity index is 784. The number of pyridine rings is 1. The second-order valence-corrected chi connectivity index (χ2v) is 5.64. The summed E-state index contributed by atoms with van der Waals surface area (Å²) in [7, 11) is 1.90. The van der Waals surface area contributed by atoms with Crippen LogP contribution in [0.5, 0.6) is 0 Å². The zero-order chi connectivity index (χ0) is 14.4. The number of halogens is 1. The summed E-state index contributed by atoms with van der Waals surface area (Å²) in [6.07, 6.45) is 1.96. The quantitative estimate of drug-likeness (QED) is 0.681. The van der Waals surface area contributed by atoms with Crippen molar-refractivity contribution in [3.05, 3.63) is 35.5 Å². The fourth-order valence-electron chi connectivity index (χ4n) is 2.38. The van der Waals surface area contributed by atoms with Gasteiger partial charge in [-0.1, -0.05) is 0 Å². The zero-order valence-corrected chi connectivity index (χ0v) is 12.7. The molecule has 0 aliphatic carbocycles. The van der Waals surface area contributed by atoms with E-state index in [2.05, 4.69) is 15.1 Å². The van der Waals surface area contributed by atoms with Gasteiger partial charge >= 0.3 is 0 Å². The first kappa shape index (κ1) is 13.1. The van der Waals surface area contributed by atoms with E-state index in [0.29, 0.717) is 0 Å². The van der Waals surface area contributed by atoms with Crippen molar-refractivity contribution in [2.45, 2.75) is 26.1 Å². The molecule has 0 amide bonds. The molecule has 1 atom stereocenters. The molecular formula is C14H16ClN5. The van der Waals surface area contributed by atoms with Crippen LogP contribution in [0.15, 0.2) is 18.3 Å². The average molecular weight is 290 g/mol. The van der Waals surface area contributed by atoms with Gasteiger partial charge in [0.25, 0.3) is 0 Å². The van der Waals surface area contributed by atoms with Crippen molar-refractivity contribution in [2.24, 2.45) is 7.05 Å². The van der Waals surface area contributed by atoms with E-state index in [9.17, 15) is 0 Å². The van der Waals surface area contributed by atoms with Crippen LogP contribution in [-0.2, 0) is 7.05 Å². The number of nitrogens with zero attached hydrogens (tertiary/aromatic N) is 5. The van der Waals surface area contributed by atoms with Crippen LogP contribution in [0, 0.1) is 13.8 Å². The molecule has 0 N–H and O–H groups in total. The summed E-state index contributed by atoms with van der Waals surface area (Å²) in [5.74, 6) is 0.788. The van der Waals surface area contributed by atoms with Gasteiger partial charge in [0.1, 0.15) is 11.3 Å². The molecule has 0 bridgehead atoms. The lowest BCUT2D eigenvalue weighted by Gasteiger charge is -2.08. The van der Waals surface area contributed by atoms with Crippen LogP contribution in [-0.4, -0.2) is 24.3 Å². The van der Waals surface area contributed by atoms with E-state index >= 15 is 0 Å². The molecule has 20 heavy (non-hydrogen) atoms. The molecule has 3 rings (SSSR count). The number of aromatic nitrogens is 5. The molecule has 0 aliphatic heterocycles. The molecular weight excluding hydrogens is 274 g/mol. The van der Waals surface area contributed by atoms with Gasteiger partial charge in [-0.2, -0.15) is 5.10 Å². The Labute approximate surface area is 122 Å². The third kappa shape index (κ3) is 1.98. The minimum Gasteiger partial charge on any atom is -0.276 e. The Hall–Kier alpha value is -1.88. The maximum absolute atomic E-state index is 6.29. The van der Waals surface area contributed by atoms with E-state index in [0.717, 1.165) is 34.1 Å². The maximum Gasteiger partial charge on any atom is 0.165 e. The molecule has 104 valence electrons. The highest BCUT2D eigenvalue weighted by atomic mass is 35.5. The SMILES string of the molecule is Cc1ccc2nc(C(C)Cl)n(-c3cn(C)nc3C)c2n1. The van der Waals surface area contributed by atoms with Gasteiger partial charge in [0, 0.05) is 18.9 Å². The Morgan fingerprint density at radius 3 is 2.55 bits per heavy atom. The second kappa shape index (κ2) is 4.59. The summed E-state index contributed by atoms with van der Waals surface area (Å²) in [4.78, 5) is 9.22. The Morgan fingerprint density at radius 2 is 1.95 bits per heavy atom. The lowest BCUT2D eigenvalue weighted by atomic mass is 10.3. The van der Waals surface area contributed by atoms with E-state index in [1.54, 1.807) is 4.68 Å². The Morgan fingerprint density at radius 1 is 1.20 bits per heavy atom. The van der Waals surface area contributed by atoms with Crippen LogP contribution >= 0.6 is 11.6 Å². The van der Waals surface area contributed by atoms with Crippen LogP contribution in [0.4, 0.5) is 0 Å². The smallest absolute Gasteiger partial charge is 0.165 e. The highest BCUT2D eigenvalue weighted by Crippen LogP contribution is 2.28. The van der Waals surface area contributed by atoms with Crippen molar-refractivity contribution < 1.29 is 0 Å². The topological polar surface area (TPSA) is 48.5 Å². The molecule has 0 saturated carbocycles. The first-order valence-corrected chi connectivity index (χ1v) is 6.91. The van der Waals surface area contributed by atoms with Crippen LogP contribution in [0.3, 0.4) is 0 Å². The van der Waals surface area contributed by atoms with E-state index < -0.39 is 0 Å². The maximum atomic E-state index is 6.29. The molecule has 0 radical (unpaired) electrons. The van der Waals surface area contributed by atoms with Crippen LogP contribution in [0.1, 0.15) is 29.5 Å². The number of hydrogen-bond donors (Lipinski definition) is 0. The highest BCUT2D eigenvalue weighted by molar-refractivity contribution is 6.20. The molecule has 0 saturated heterocycles. The Balaban J connectivity index is 2.39. The molecule has 3 aromatic rings. The fraction of sp³-hybridized carbons (Fsp3) is 0.357. The number of alkyl halides is 1. The lowest BCUT2D eigenvalue weighted by molar-refractivity contribution is 0.756. The van der Waals surface area contributed by atoms with E-state index in [-0.39, 0.29) is 5.38 Å². The van der Waals surface area contributed by atoms with Crippen LogP contribution in [0.25, 0.3) is 16.9 Å².